The predicted octanol–water partition coefficient (Wildman–Crippen LogP) is 3.77. The van der Waals surface area contributed by atoms with E-state index in [2.05, 4.69) is 16.4 Å². The van der Waals surface area contributed by atoms with Crippen LogP contribution in [0.2, 0.25) is 0 Å². The number of morpholine rings is 1. The topological polar surface area (TPSA) is 152 Å². The standard InChI is InChI=1S/C31H38N6O6/c1-19-16-21(6-7-22(19)28(39)36-14-15-41-17-20(36)2)34-26-25-23(9-13-33-27(25)38)37(35-26)31(11-12-32)10-8-24(42-18-31)29(40)43-30(3,4)5/h6-7,9,13,16,20,24H,8,10-11,14-15,17-18H2,1-5H3,(H,33,38)(H,34,35). The molecular weight excluding hydrogens is 552 g/mol. The van der Waals surface area contributed by atoms with Gasteiger partial charge in [-0.1, -0.05) is 0 Å². The lowest BCUT2D eigenvalue weighted by atomic mass is 9.87. The third kappa shape index (κ3) is 6.14. The van der Waals surface area contributed by atoms with Crippen LogP contribution in [0.3, 0.4) is 0 Å². The molecular formula is C31H38N6O6. The Labute approximate surface area is 249 Å². The first-order valence-electron chi connectivity index (χ1n) is 14.5. The summed E-state index contributed by atoms with van der Waals surface area (Å²) in [5.74, 6) is -0.183. The van der Waals surface area contributed by atoms with Gasteiger partial charge in [0, 0.05) is 24.0 Å². The van der Waals surface area contributed by atoms with Crippen molar-refractivity contribution >= 4 is 34.3 Å². The maximum Gasteiger partial charge on any atom is 0.335 e. The number of fused-ring (bicyclic) bond motifs is 1. The zero-order valence-electron chi connectivity index (χ0n) is 25.2. The molecule has 0 spiro atoms. The van der Waals surface area contributed by atoms with Gasteiger partial charge >= 0.3 is 5.97 Å². The minimum absolute atomic E-state index is 0.00980. The van der Waals surface area contributed by atoms with Gasteiger partial charge in [-0.05, 0) is 77.3 Å². The Morgan fingerprint density at radius 1 is 1.30 bits per heavy atom. The summed E-state index contributed by atoms with van der Waals surface area (Å²) >= 11 is 0. The van der Waals surface area contributed by atoms with Crippen LogP contribution in [0, 0.1) is 18.3 Å². The number of amides is 1. The first-order valence-corrected chi connectivity index (χ1v) is 14.5. The molecule has 1 amide bonds. The van der Waals surface area contributed by atoms with Crippen molar-refractivity contribution in [2.75, 3.05) is 31.7 Å². The number of aryl methyl sites for hydroxylation is 1. The summed E-state index contributed by atoms with van der Waals surface area (Å²) in [5, 5.41) is 18.2. The number of pyridine rings is 1. The molecule has 2 aliphatic rings. The molecule has 0 saturated carbocycles. The van der Waals surface area contributed by atoms with Gasteiger partial charge in [0.1, 0.15) is 11.0 Å². The molecule has 3 atom stereocenters. The Bertz CT molecular complexity index is 1620. The number of aromatic amines is 1. The number of H-pyrrole nitrogens is 1. The number of hydrogen-bond donors (Lipinski definition) is 2. The van der Waals surface area contributed by atoms with Crippen LogP contribution in [0.5, 0.6) is 0 Å². The van der Waals surface area contributed by atoms with Crippen LogP contribution in [0.15, 0.2) is 35.3 Å². The van der Waals surface area contributed by atoms with Gasteiger partial charge in [0.2, 0.25) is 0 Å². The molecule has 1 aromatic carbocycles. The Hall–Kier alpha value is -4.21. The number of nitriles is 1. The molecule has 5 rings (SSSR count). The number of nitrogens with one attached hydrogen (secondary N) is 2. The van der Waals surface area contributed by atoms with Gasteiger partial charge in [-0.3, -0.25) is 14.3 Å². The maximum atomic E-state index is 13.3. The molecule has 4 heterocycles. The van der Waals surface area contributed by atoms with Crippen molar-refractivity contribution in [1.82, 2.24) is 19.7 Å². The first kappa shape index (κ1) is 30.3. The zero-order chi connectivity index (χ0) is 30.9. The quantitative estimate of drug-likeness (QED) is 0.409. The highest BCUT2D eigenvalue weighted by Gasteiger charge is 2.43. The molecule has 2 saturated heterocycles. The largest absolute Gasteiger partial charge is 0.458 e. The van der Waals surface area contributed by atoms with Crippen LogP contribution in [-0.4, -0.2) is 75.7 Å². The molecule has 43 heavy (non-hydrogen) atoms. The van der Waals surface area contributed by atoms with Crippen LogP contribution < -0.4 is 10.9 Å². The Morgan fingerprint density at radius 2 is 2.09 bits per heavy atom. The van der Waals surface area contributed by atoms with Gasteiger partial charge < -0.3 is 29.4 Å². The van der Waals surface area contributed by atoms with Crippen molar-refractivity contribution in [3.63, 3.8) is 0 Å². The van der Waals surface area contributed by atoms with E-state index in [1.807, 2.05) is 24.8 Å². The highest BCUT2D eigenvalue weighted by molar-refractivity contribution is 5.97. The fourth-order valence-corrected chi connectivity index (χ4v) is 5.72. The Morgan fingerprint density at radius 3 is 2.74 bits per heavy atom. The number of aromatic nitrogens is 3. The highest BCUT2D eigenvalue weighted by Crippen LogP contribution is 2.37. The summed E-state index contributed by atoms with van der Waals surface area (Å²) in [6, 6.07) is 9.38. The number of carbonyl (C=O) groups excluding carboxylic acids is 2. The van der Waals surface area contributed by atoms with Gasteiger partial charge in [-0.2, -0.15) is 10.4 Å². The lowest BCUT2D eigenvalue weighted by Crippen LogP contribution is -2.47. The van der Waals surface area contributed by atoms with Crippen LogP contribution >= 0.6 is 0 Å². The van der Waals surface area contributed by atoms with Gasteiger partial charge in [-0.25, -0.2) is 4.79 Å². The third-order valence-electron chi connectivity index (χ3n) is 7.90. The fourth-order valence-electron chi connectivity index (χ4n) is 5.72. The molecule has 0 bridgehead atoms. The van der Waals surface area contributed by atoms with E-state index in [-0.39, 0.29) is 30.5 Å². The van der Waals surface area contributed by atoms with Crippen molar-refractivity contribution in [3.8, 4) is 6.07 Å². The molecule has 2 aliphatic heterocycles. The van der Waals surface area contributed by atoms with Crippen LogP contribution in [0.25, 0.3) is 10.9 Å². The molecule has 12 nitrogen and oxygen atoms in total. The predicted molar refractivity (Wildman–Crippen MR) is 159 cm³/mol. The summed E-state index contributed by atoms with van der Waals surface area (Å²) < 4.78 is 18.6. The number of hydrogen-bond acceptors (Lipinski definition) is 9. The van der Waals surface area contributed by atoms with Gasteiger partial charge in [0.25, 0.3) is 11.5 Å². The van der Waals surface area contributed by atoms with Crippen LogP contribution in [-0.2, 0) is 24.5 Å². The normalized spacial score (nSPS) is 22.7. The monoisotopic (exact) mass is 590 g/mol. The summed E-state index contributed by atoms with van der Waals surface area (Å²) in [4.78, 5) is 43.5. The summed E-state index contributed by atoms with van der Waals surface area (Å²) in [5.41, 5.74) is 0.669. The van der Waals surface area contributed by atoms with Crippen molar-refractivity contribution < 1.29 is 23.8 Å². The summed E-state index contributed by atoms with van der Waals surface area (Å²) in [6.07, 6.45) is 1.60. The van der Waals surface area contributed by atoms with E-state index >= 15 is 0 Å². The third-order valence-corrected chi connectivity index (χ3v) is 7.90. The van der Waals surface area contributed by atoms with Crippen molar-refractivity contribution in [3.05, 3.63) is 51.9 Å². The van der Waals surface area contributed by atoms with Crippen molar-refractivity contribution in [2.24, 2.45) is 0 Å². The second-order valence-electron chi connectivity index (χ2n) is 12.3. The van der Waals surface area contributed by atoms with Crippen LogP contribution in [0.1, 0.15) is 62.9 Å². The molecule has 2 N–H and O–H groups in total. The van der Waals surface area contributed by atoms with E-state index < -0.39 is 23.2 Å². The minimum Gasteiger partial charge on any atom is -0.458 e. The number of nitrogens with zero attached hydrogens (tertiary/aromatic N) is 4. The first-order chi connectivity index (χ1) is 20.4. The van der Waals surface area contributed by atoms with Crippen LogP contribution in [0.4, 0.5) is 11.5 Å². The van der Waals surface area contributed by atoms with E-state index in [4.69, 9.17) is 19.3 Å². The second kappa shape index (κ2) is 11.8. The van der Waals surface area contributed by atoms with E-state index in [0.717, 1.165) is 5.56 Å². The number of esters is 1. The lowest BCUT2D eigenvalue weighted by molar-refractivity contribution is -0.176. The average Bonchev–Trinajstić information content (AvgIpc) is 3.33. The minimum atomic E-state index is -0.903. The molecule has 12 heteroatoms. The molecule has 0 radical (unpaired) electrons. The van der Waals surface area contributed by atoms with E-state index in [9.17, 15) is 19.6 Å². The maximum absolute atomic E-state index is 13.3. The number of carbonyl (C=O) groups is 2. The fraction of sp³-hybridized carbons (Fsp3) is 0.516. The van der Waals surface area contributed by atoms with Crippen molar-refractivity contribution in [2.45, 2.75) is 77.2 Å². The van der Waals surface area contributed by atoms with Gasteiger partial charge in [-0.15, -0.1) is 0 Å². The molecule has 2 aromatic heterocycles. The van der Waals surface area contributed by atoms with Gasteiger partial charge in [0.15, 0.2) is 11.9 Å². The molecule has 3 unspecified atom stereocenters. The van der Waals surface area contributed by atoms with Gasteiger partial charge in [0.05, 0.1) is 49.4 Å². The van der Waals surface area contributed by atoms with E-state index in [1.54, 1.807) is 43.7 Å². The average molecular weight is 591 g/mol. The molecule has 228 valence electrons. The number of benzene rings is 1. The zero-order valence-corrected chi connectivity index (χ0v) is 25.2. The number of rotatable bonds is 6. The SMILES string of the molecule is Cc1cc(Nc2nn(C3(CC#N)CCC(C(=O)OC(C)(C)C)OC3)c3cc[nH]c(=O)c23)ccc1C(=O)N1CCOCC1C. The molecule has 2 fully saturated rings. The molecule has 0 aliphatic carbocycles. The Balaban J connectivity index is 1.44. The lowest BCUT2D eigenvalue weighted by Gasteiger charge is -2.39. The number of ether oxygens (including phenoxy) is 3. The van der Waals surface area contributed by atoms with E-state index in [0.29, 0.717) is 60.6 Å². The van der Waals surface area contributed by atoms with E-state index in [1.165, 1.54) is 6.20 Å². The number of anilines is 2. The molecule has 3 aromatic rings. The Kier molecular flexibility index (Phi) is 8.31. The highest BCUT2D eigenvalue weighted by atomic mass is 16.6. The second-order valence-corrected chi connectivity index (χ2v) is 12.3. The summed E-state index contributed by atoms with van der Waals surface area (Å²) in [6.45, 7) is 10.8. The smallest absolute Gasteiger partial charge is 0.335 e. The summed E-state index contributed by atoms with van der Waals surface area (Å²) in [7, 11) is 0. The van der Waals surface area contributed by atoms with Crippen molar-refractivity contribution in [1.29, 1.82) is 5.26 Å².